The summed E-state index contributed by atoms with van der Waals surface area (Å²) in [5.74, 6) is 0.00691. The van der Waals surface area contributed by atoms with Crippen molar-refractivity contribution in [1.29, 1.82) is 0 Å². The lowest BCUT2D eigenvalue weighted by Gasteiger charge is -2.37. The molecule has 4 nitrogen and oxygen atoms in total. The Morgan fingerprint density at radius 2 is 0.750 bits per heavy atom. The van der Waals surface area contributed by atoms with E-state index in [2.05, 4.69) is 27.7 Å². The van der Waals surface area contributed by atoms with E-state index in [4.69, 9.17) is 8.85 Å². The van der Waals surface area contributed by atoms with Gasteiger partial charge in [0.2, 0.25) is 0 Å². The van der Waals surface area contributed by atoms with E-state index in [1.807, 2.05) is 13.8 Å². The van der Waals surface area contributed by atoms with Gasteiger partial charge in [0.25, 0.3) is 28.6 Å². The zero-order valence-electron chi connectivity index (χ0n) is 22.4. The molecule has 0 spiro atoms. The first-order valence-corrected chi connectivity index (χ1v) is 18.9. The van der Waals surface area contributed by atoms with Crippen LogP contribution in [0.2, 0.25) is 36.3 Å². The molecular weight excluding hydrogens is 432 g/mol. The highest BCUT2D eigenvalue weighted by Crippen LogP contribution is 2.37. The smallest absolute Gasteiger partial charge is 0.292 e. The van der Waals surface area contributed by atoms with Crippen molar-refractivity contribution in [3.05, 3.63) is 0 Å². The highest BCUT2D eigenvalue weighted by molar-refractivity contribution is 6.80. The van der Waals surface area contributed by atoms with Crippen molar-refractivity contribution in [1.82, 2.24) is 0 Å². The molecule has 0 amide bonds. The van der Waals surface area contributed by atoms with Crippen LogP contribution in [0.4, 0.5) is 0 Å². The molecule has 0 aromatic heterocycles. The Morgan fingerprint density at radius 3 is 0.969 bits per heavy atom. The van der Waals surface area contributed by atoms with E-state index in [0.29, 0.717) is 12.8 Å². The summed E-state index contributed by atoms with van der Waals surface area (Å²) in [4.78, 5) is 25.3. The molecule has 0 bridgehead atoms. The first-order chi connectivity index (χ1) is 15.4. The number of hydrogen-bond acceptors (Lipinski definition) is 4. The quantitative estimate of drug-likeness (QED) is 0.152. The second-order valence-electron chi connectivity index (χ2n) is 9.73. The first kappa shape index (κ1) is 31.4. The zero-order valence-corrected chi connectivity index (χ0v) is 24.4. The largest absolute Gasteiger partial charge is 0.519 e. The number of unbranched alkanes of at least 4 members (excludes halogenated alkanes) is 4. The van der Waals surface area contributed by atoms with Crippen molar-refractivity contribution < 1.29 is 18.4 Å². The molecular formula is C26H54O4Si2. The van der Waals surface area contributed by atoms with Crippen molar-refractivity contribution >= 4 is 28.6 Å². The highest BCUT2D eigenvalue weighted by atomic mass is 28.4. The minimum absolute atomic E-state index is 0.00346. The Balaban J connectivity index is 5.85. The van der Waals surface area contributed by atoms with Gasteiger partial charge < -0.3 is 8.85 Å². The van der Waals surface area contributed by atoms with Crippen LogP contribution >= 0.6 is 0 Å². The Labute approximate surface area is 201 Å². The van der Waals surface area contributed by atoms with Gasteiger partial charge in [0.1, 0.15) is 0 Å². The van der Waals surface area contributed by atoms with Crippen LogP contribution in [0.1, 0.15) is 119 Å². The average Bonchev–Trinajstić information content (AvgIpc) is 2.77. The molecule has 0 atom stereocenters. The summed E-state index contributed by atoms with van der Waals surface area (Å²) in [5.41, 5.74) is 0. The fourth-order valence-electron chi connectivity index (χ4n) is 4.50. The van der Waals surface area contributed by atoms with Crippen molar-refractivity contribution in [3.63, 3.8) is 0 Å². The number of hydrogen-bond donors (Lipinski definition) is 0. The third-order valence-electron chi connectivity index (χ3n) is 6.55. The Morgan fingerprint density at radius 1 is 0.469 bits per heavy atom. The van der Waals surface area contributed by atoms with Crippen LogP contribution in [0.3, 0.4) is 0 Å². The molecule has 0 saturated heterocycles. The fourth-order valence-corrected chi connectivity index (χ4v) is 15.4. The number of rotatable bonds is 21. The summed E-state index contributed by atoms with van der Waals surface area (Å²) in [6.45, 7) is 13.0. The van der Waals surface area contributed by atoms with Crippen LogP contribution in [0.5, 0.6) is 0 Å². The van der Waals surface area contributed by atoms with Crippen LogP contribution in [-0.4, -0.2) is 28.6 Å². The molecule has 0 aromatic rings. The average molecular weight is 487 g/mol. The summed E-state index contributed by atoms with van der Waals surface area (Å²) in [5, 5.41) is 0. The molecule has 0 aliphatic rings. The van der Waals surface area contributed by atoms with Crippen LogP contribution in [0.15, 0.2) is 0 Å². The predicted octanol–water partition coefficient (Wildman–Crippen LogP) is 8.76. The number of carbonyl (C=O) groups excluding carboxylic acids is 2. The highest BCUT2D eigenvalue weighted by Gasteiger charge is 2.44. The van der Waals surface area contributed by atoms with Crippen LogP contribution in [0, 0.1) is 0 Å². The molecule has 0 heterocycles. The maximum absolute atomic E-state index is 12.7. The van der Waals surface area contributed by atoms with Gasteiger partial charge in [-0.3, -0.25) is 9.59 Å². The van der Waals surface area contributed by atoms with Crippen LogP contribution in [-0.2, 0) is 18.4 Å². The lowest BCUT2D eigenvalue weighted by Crippen LogP contribution is -2.46. The van der Waals surface area contributed by atoms with E-state index >= 15 is 0 Å². The predicted molar refractivity (Wildman–Crippen MR) is 142 cm³/mol. The van der Waals surface area contributed by atoms with Crippen molar-refractivity contribution in [2.75, 3.05) is 0 Å². The van der Waals surface area contributed by atoms with Gasteiger partial charge in [-0.25, -0.2) is 0 Å². The Kier molecular flexibility index (Phi) is 18.4. The number of carbonyl (C=O) groups is 2. The minimum Gasteiger partial charge on any atom is -0.519 e. The summed E-state index contributed by atoms with van der Waals surface area (Å²) in [6, 6.07) is 6.23. The second-order valence-corrected chi connectivity index (χ2v) is 17.9. The molecule has 0 aromatic carbocycles. The van der Waals surface area contributed by atoms with Gasteiger partial charge in [0.05, 0.1) is 0 Å². The monoisotopic (exact) mass is 486 g/mol. The Hall–Kier alpha value is -0.626. The SMILES string of the molecule is CCCC[Si](CCCC)(CC[Si](CCCC)(CCCC)OC(=O)CCC)OC(=O)CCC. The molecule has 0 rings (SSSR count). The standard InChI is InChI=1S/C26H54O4Si2/c1-7-13-19-31(20-14-8-2,29-25(27)17-11-5)23-24-32(21-15-9-3,22-16-10-4)30-26(28)18-12-6/h7-24H2,1-6H3. The normalized spacial score (nSPS) is 12.1. The van der Waals surface area contributed by atoms with Gasteiger partial charge >= 0.3 is 0 Å². The molecule has 0 unspecified atom stereocenters. The van der Waals surface area contributed by atoms with E-state index in [9.17, 15) is 9.59 Å². The van der Waals surface area contributed by atoms with Crippen molar-refractivity contribution in [2.45, 2.75) is 155 Å². The zero-order chi connectivity index (χ0) is 24.3. The van der Waals surface area contributed by atoms with Gasteiger partial charge in [-0.05, 0) is 49.1 Å². The first-order valence-electron chi connectivity index (χ1n) is 13.8. The lowest BCUT2D eigenvalue weighted by molar-refractivity contribution is -0.136. The van der Waals surface area contributed by atoms with Crippen LogP contribution < -0.4 is 0 Å². The molecule has 0 fully saturated rings. The third kappa shape index (κ3) is 13.2. The van der Waals surface area contributed by atoms with Gasteiger partial charge in [0, 0.05) is 12.8 Å². The van der Waals surface area contributed by atoms with E-state index in [1.54, 1.807) is 0 Å². The molecule has 32 heavy (non-hydrogen) atoms. The maximum atomic E-state index is 12.7. The molecule has 0 saturated carbocycles. The Bertz CT molecular complexity index is 436. The molecule has 0 aliphatic heterocycles. The topological polar surface area (TPSA) is 52.6 Å². The van der Waals surface area contributed by atoms with Gasteiger partial charge in [-0.1, -0.05) is 92.9 Å². The third-order valence-corrected chi connectivity index (χ3v) is 15.8. The summed E-state index contributed by atoms with van der Waals surface area (Å²) >= 11 is 0. The summed E-state index contributed by atoms with van der Waals surface area (Å²) in [6.07, 6.45) is 11.8. The van der Waals surface area contributed by atoms with Crippen molar-refractivity contribution in [2.24, 2.45) is 0 Å². The van der Waals surface area contributed by atoms with E-state index in [1.165, 1.54) is 0 Å². The van der Waals surface area contributed by atoms with Gasteiger partial charge in [-0.2, -0.15) is 0 Å². The lowest BCUT2D eigenvalue weighted by atomic mass is 10.4. The van der Waals surface area contributed by atoms with Gasteiger partial charge in [0.15, 0.2) is 0 Å². The van der Waals surface area contributed by atoms with Crippen molar-refractivity contribution in [3.8, 4) is 0 Å². The van der Waals surface area contributed by atoms with E-state index in [0.717, 1.165) is 100 Å². The molecule has 6 heteroatoms. The fraction of sp³-hybridized carbons (Fsp3) is 0.923. The second kappa shape index (κ2) is 18.8. The summed E-state index contributed by atoms with van der Waals surface area (Å²) in [7, 11) is -4.40. The maximum Gasteiger partial charge on any atom is 0.292 e. The molecule has 0 radical (unpaired) electrons. The molecule has 0 aliphatic carbocycles. The van der Waals surface area contributed by atoms with Gasteiger partial charge in [-0.15, -0.1) is 0 Å². The van der Waals surface area contributed by atoms with E-state index in [-0.39, 0.29) is 11.9 Å². The van der Waals surface area contributed by atoms with Crippen LogP contribution in [0.25, 0.3) is 0 Å². The summed E-state index contributed by atoms with van der Waals surface area (Å²) < 4.78 is 12.8. The minimum atomic E-state index is -2.20. The molecule has 0 N–H and O–H groups in total. The molecule has 190 valence electrons. The van der Waals surface area contributed by atoms with E-state index < -0.39 is 16.6 Å².